The Hall–Kier alpha value is -2.04. The Morgan fingerprint density at radius 3 is 2.72 bits per heavy atom. The Balaban J connectivity index is 0.000000247. The maximum atomic E-state index is 13.8. The van der Waals surface area contributed by atoms with Crippen LogP contribution >= 0.6 is 11.3 Å². The van der Waals surface area contributed by atoms with Crippen LogP contribution in [-0.2, 0) is 14.3 Å². The third-order valence-corrected chi connectivity index (χ3v) is 5.98. The molecule has 3 heterocycles. The van der Waals surface area contributed by atoms with Gasteiger partial charge in [0, 0.05) is 25.6 Å². The van der Waals surface area contributed by atoms with Crippen molar-refractivity contribution in [1.29, 1.82) is 0 Å². The first-order valence-electron chi connectivity index (χ1n) is 11.0. The predicted octanol–water partition coefficient (Wildman–Crippen LogP) is 3.54. The third-order valence-electron chi connectivity index (χ3n) is 5.10. The average Bonchev–Trinajstić information content (AvgIpc) is 3.10. The number of fused-ring (bicyclic) bond motifs is 1. The standard InChI is InChI=1S/C15H17FN2O3S.C7H15NO2/c16-15(7-19-8-15)9-21-14-17-11-4-5-12(18-13(11)22-14)20-6-10-2-1-3-10;1-4-10-5-6(2)8-7(3)9/h4-5,10H,1-3,6-9H2;6H,4-5H2,1-3H3,(H,8,9). The van der Waals surface area contributed by atoms with Crippen molar-refractivity contribution in [3.8, 4) is 11.1 Å². The number of nitrogens with zero attached hydrogens (tertiary/aromatic N) is 2. The topological polar surface area (TPSA) is 91.8 Å². The molecule has 2 aromatic heterocycles. The lowest BCUT2D eigenvalue weighted by molar-refractivity contribution is -0.146. The minimum absolute atomic E-state index is 0.00722. The van der Waals surface area contributed by atoms with Crippen molar-refractivity contribution in [3.05, 3.63) is 12.1 Å². The zero-order valence-electron chi connectivity index (χ0n) is 18.9. The number of carbonyl (C=O) groups excluding carboxylic acids is 1. The summed E-state index contributed by atoms with van der Waals surface area (Å²) in [5.41, 5.74) is -0.628. The van der Waals surface area contributed by atoms with Crippen molar-refractivity contribution in [1.82, 2.24) is 15.3 Å². The van der Waals surface area contributed by atoms with E-state index < -0.39 is 5.67 Å². The molecule has 1 atom stereocenters. The normalized spacial score (nSPS) is 18.0. The highest BCUT2D eigenvalue weighted by Crippen LogP contribution is 2.31. The summed E-state index contributed by atoms with van der Waals surface area (Å²) in [6.45, 7) is 7.52. The second kappa shape index (κ2) is 11.7. The molecule has 1 amide bonds. The molecular weight excluding hydrogens is 437 g/mol. The molecule has 10 heteroatoms. The number of amides is 1. The van der Waals surface area contributed by atoms with Gasteiger partial charge in [0.2, 0.25) is 11.8 Å². The van der Waals surface area contributed by atoms with Crippen LogP contribution in [0.2, 0.25) is 0 Å². The van der Waals surface area contributed by atoms with Gasteiger partial charge in [0.1, 0.15) is 12.1 Å². The Morgan fingerprint density at radius 2 is 2.12 bits per heavy atom. The number of alkyl halides is 1. The average molecular weight is 470 g/mol. The van der Waals surface area contributed by atoms with Crippen molar-refractivity contribution < 1.29 is 28.1 Å². The van der Waals surface area contributed by atoms with Crippen LogP contribution in [0.3, 0.4) is 0 Å². The van der Waals surface area contributed by atoms with Crippen LogP contribution in [0.15, 0.2) is 12.1 Å². The Bertz CT molecular complexity index is 872. The SMILES string of the molecule is CCOCC(C)NC(C)=O.FC1(COc2nc3ccc(OCC4CCC4)nc3s2)COC1. The van der Waals surface area contributed by atoms with Crippen molar-refractivity contribution in [3.63, 3.8) is 0 Å². The number of hydrogen-bond acceptors (Lipinski definition) is 8. The summed E-state index contributed by atoms with van der Waals surface area (Å²) < 4.78 is 34.9. The summed E-state index contributed by atoms with van der Waals surface area (Å²) in [4.78, 5) is 19.9. The second-order valence-electron chi connectivity index (χ2n) is 8.25. The lowest BCUT2D eigenvalue weighted by Crippen LogP contribution is -2.50. The van der Waals surface area contributed by atoms with Gasteiger partial charge in [-0.3, -0.25) is 4.79 Å². The van der Waals surface area contributed by atoms with E-state index in [-0.39, 0.29) is 31.8 Å². The molecule has 1 aliphatic heterocycles. The molecule has 0 aromatic carbocycles. The highest BCUT2D eigenvalue weighted by Gasteiger charge is 2.40. The largest absolute Gasteiger partial charge is 0.477 e. The Labute approximate surface area is 191 Å². The number of hydrogen-bond donors (Lipinski definition) is 1. The van der Waals surface area contributed by atoms with Crippen molar-refractivity contribution >= 4 is 27.6 Å². The van der Waals surface area contributed by atoms with Crippen LogP contribution in [0.4, 0.5) is 4.39 Å². The number of ether oxygens (including phenoxy) is 4. The molecule has 0 bridgehead atoms. The van der Waals surface area contributed by atoms with Gasteiger partial charge in [0.05, 0.1) is 26.4 Å². The fourth-order valence-electron chi connectivity index (χ4n) is 3.07. The summed E-state index contributed by atoms with van der Waals surface area (Å²) >= 11 is 1.31. The number of nitrogens with one attached hydrogen (secondary N) is 1. The Kier molecular flexibility index (Phi) is 9.01. The molecule has 0 radical (unpaired) electrons. The van der Waals surface area contributed by atoms with E-state index in [4.69, 9.17) is 18.9 Å². The first-order valence-corrected chi connectivity index (χ1v) is 11.8. The lowest BCUT2D eigenvalue weighted by Gasteiger charge is -2.32. The van der Waals surface area contributed by atoms with Crippen LogP contribution in [0.25, 0.3) is 10.3 Å². The summed E-state index contributed by atoms with van der Waals surface area (Å²) in [6, 6.07) is 3.80. The summed E-state index contributed by atoms with van der Waals surface area (Å²) in [5.74, 6) is 1.28. The molecule has 1 saturated carbocycles. The number of halogens is 1. The molecule has 4 rings (SSSR count). The van der Waals surface area contributed by atoms with Crippen LogP contribution < -0.4 is 14.8 Å². The molecule has 2 aliphatic rings. The fraction of sp³-hybridized carbons (Fsp3) is 0.682. The van der Waals surface area contributed by atoms with E-state index in [9.17, 15) is 9.18 Å². The molecule has 2 fully saturated rings. The molecule has 2 aromatic rings. The molecule has 1 N–H and O–H groups in total. The van der Waals surface area contributed by atoms with Gasteiger partial charge in [0.15, 0.2) is 10.5 Å². The minimum Gasteiger partial charge on any atom is -0.477 e. The Morgan fingerprint density at radius 1 is 1.34 bits per heavy atom. The zero-order chi connectivity index (χ0) is 23.0. The summed E-state index contributed by atoms with van der Waals surface area (Å²) in [5, 5.41) is 3.15. The summed E-state index contributed by atoms with van der Waals surface area (Å²) in [6.07, 6.45) is 3.79. The van der Waals surface area contributed by atoms with E-state index in [0.29, 0.717) is 30.2 Å². The molecule has 1 unspecified atom stereocenters. The van der Waals surface area contributed by atoms with E-state index in [1.165, 1.54) is 37.5 Å². The first kappa shape index (κ1) is 24.6. The van der Waals surface area contributed by atoms with Gasteiger partial charge in [0.25, 0.3) is 5.19 Å². The second-order valence-corrected chi connectivity index (χ2v) is 9.19. The van der Waals surface area contributed by atoms with Crippen LogP contribution in [0.5, 0.6) is 11.1 Å². The van der Waals surface area contributed by atoms with Crippen molar-refractivity contribution in [2.45, 2.75) is 51.7 Å². The van der Waals surface area contributed by atoms with Gasteiger partial charge in [-0.2, -0.15) is 0 Å². The maximum absolute atomic E-state index is 13.8. The molecule has 178 valence electrons. The van der Waals surface area contributed by atoms with Crippen molar-refractivity contribution in [2.75, 3.05) is 39.6 Å². The maximum Gasteiger partial charge on any atom is 0.275 e. The number of aromatic nitrogens is 2. The monoisotopic (exact) mass is 469 g/mol. The van der Waals surface area contributed by atoms with E-state index in [1.54, 1.807) is 0 Å². The smallest absolute Gasteiger partial charge is 0.275 e. The van der Waals surface area contributed by atoms with E-state index in [1.807, 2.05) is 26.0 Å². The molecule has 0 spiro atoms. The van der Waals surface area contributed by atoms with E-state index in [2.05, 4.69) is 15.3 Å². The van der Waals surface area contributed by atoms with E-state index >= 15 is 0 Å². The quantitative estimate of drug-likeness (QED) is 0.569. The number of pyridine rings is 1. The molecule has 1 aliphatic carbocycles. The third kappa shape index (κ3) is 7.53. The van der Waals surface area contributed by atoms with Gasteiger partial charge in [-0.15, -0.1) is 0 Å². The van der Waals surface area contributed by atoms with Gasteiger partial charge in [-0.05, 0) is 38.7 Å². The van der Waals surface area contributed by atoms with Gasteiger partial charge >= 0.3 is 0 Å². The van der Waals surface area contributed by atoms with E-state index in [0.717, 1.165) is 17.0 Å². The van der Waals surface area contributed by atoms with Gasteiger partial charge in [-0.25, -0.2) is 14.4 Å². The number of carbonyl (C=O) groups is 1. The lowest BCUT2D eigenvalue weighted by atomic mass is 9.86. The molecule has 8 nitrogen and oxygen atoms in total. The first-order chi connectivity index (χ1) is 15.4. The van der Waals surface area contributed by atoms with Crippen LogP contribution in [0.1, 0.15) is 40.0 Å². The summed E-state index contributed by atoms with van der Waals surface area (Å²) in [7, 11) is 0. The molecule has 32 heavy (non-hydrogen) atoms. The van der Waals surface area contributed by atoms with Crippen molar-refractivity contribution in [2.24, 2.45) is 5.92 Å². The number of thiazole rings is 1. The van der Waals surface area contributed by atoms with Gasteiger partial charge in [-0.1, -0.05) is 17.8 Å². The molecular formula is C22H32FN3O5S. The number of rotatable bonds is 10. The molecule has 1 saturated heterocycles. The van der Waals surface area contributed by atoms with Crippen LogP contribution in [-0.4, -0.2) is 67.2 Å². The predicted molar refractivity (Wildman–Crippen MR) is 120 cm³/mol. The minimum atomic E-state index is -1.37. The highest BCUT2D eigenvalue weighted by atomic mass is 32.1. The van der Waals surface area contributed by atoms with Gasteiger partial charge < -0.3 is 24.3 Å². The fourth-order valence-corrected chi connectivity index (χ4v) is 3.85. The zero-order valence-corrected chi connectivity index (χ0v) is 19.7. The highest BCUT2D eigenvalue weighted by molar-refractivity contribution is 7.19. The van der Waals surface area contributed by atoms with Crippen LogP contribution in [0, 0.1) is 5.92 Å².